The molecule has 0 aliphatic heterocycles. The molecule has 0 fully saturated rings. The number of hydrogen-bond donors (Lipinski definition) is 1. The molecule has 0 spiro atoms. The van der Waals surface area contributed by atoms with Crippen LogP contribution in [0.4, 0.5) is 0 Å². The molecule has 1 N–H and O–H groups in total. The Balaban J connectivity index is 3.17. The predicted molar refractivity (Wildman–Crippen MR) is 72.9 cm³/mol. The van der Waals surface area contributed by atoms with Crippen molar-refractivity contribution in [1.82, 2.24) is 5.32 Å². The molecule has 0 saturated carbocycles. The van der Waals surface area contributed by atoms with E-state index in [1.807, 2.05) is 26.1 Å². The van der Waals surface area contributed by atoms with Gasteiger partial charge in [0.05, 0.1) is 7.11 Å². The van der Waals surface area contributed by atoms with Crippen molar-refractivity contribution in [1.29, 1.82) is 0 Å². The van der Waals surface area contributed by atoms with E-state index in [1.165, 1.54) is 0 Å². The first-order valence-electron chi connectivity index (χ1n) is 5.14. The number of methoxy groups -OCH3 is 1. The van der Waals surface area contributed by atoms with Gasteiger partial charge in [-0.3, -0.25) is 0 Å². The van der Waals surface area contributed by atoms with Gasteiger partial charge in [0.25, 0.3) is 0 Å². The van der Waals surface area contributed by atoms with Crippen LogP contribution in [0.2, 0.25) is 5.02 Å². The molecule has 0 aromatic heterocycles. The van der Waals surface area contributed by atoms with Gasteiger partial charge in [0, 0.05) is 22.4 Å². The number of rotatable bonds is 5. The summed E-state index contributed by atoms with van der Waals surface area (Å²) in [5.41, 5.74) is 2.20. The standard InChI is InChI=1S/C12H18ClNOS/c1-8-5-9(13)6-10(12(8)15-3)11(14-2)7-16-4/h5-6,11,14H,7H2,1-4H3. The molecule has 16 heavy (non-hydrogen) atoms. The van der Waals surface area contributed by atoms with Crippen LogP contribution in [-0.2, 0) is 0 Å². The van der Waals surface area contributed by atoms with Gasteiger partial charge in [0.15, 0.2) is 0 Å². The summed E-state index contributed by atoms with van der Waals surface area (Å²) in [5.74, 6) is 1.92. The van der Waals surface area contributed by atoms with E-state index in [-0.39, 0.29) is 6.04 Å². The molecular weight excluding hydrogens is 242 g/mol. The quantitative estimate of drug-likeness (QED) is 0.877. The highest BCUT2D eigenvalue weighted by molar-refractivity contribution is 7.98. The van der Waals surface area contributed by atoms with Crippen LogP contribution in [0.1, 0.15) is 17.2 Å². The molecule has 1 aromatic carbocycles. The van der Waals surface area contributed by atoms with Gasteiger partial charge in [0.1, 0.15) is 5.75 Å². The van der Waals surface area contributed by atoms with Gasteiger partial charge < -0.3 is 10.1 Å². The molecule has 2 nitrogen and oxygen atoms in total. The first-order chi connectivity index (χ1) is 7.63. The Morgan fingerprint density at radius 1 is 1.50 bits per heavy atom. The highest BCUT2D eigenvalue weighted by Gasteiger charge is 2.16. The molecular formula is C12H18ClNOS. The van der Waals surface area contributed by atoms with Crippen LogP contribution in [0, 0.1) is 6.92 Å². The molecule has 1 aromatic rings. The third-order valence-corrected chi connectivity index (χ3v) is 3.41. The molecule has 0 aliphatic carbocycles. The molecule has 0 saturated heterocycles. The third-order valence-electron chi connectivity index (χ3n) is 2.53. The fourth-order valence-electron chi connectivity index (χ4n) is 1.79. The van der Waals surface area contributed by atoms with Gasteiger partial charge in [-0.1, -0.05) is 11.6 Å². The van der Waals surface area contributed by atoms with Gasteiger partial charge in [-0.25, -0.2) is 0 Å². The van der Waals surface area contributed by atoms with E-state index in [9.17, 15) is 0 Å². The smallest absolute Gasteiger partial charge is 0.126 e. The number of nitrogens with one attached hydrogen (secondary N) is 1. The minimum Gasteiger partial charge on any atom is -0.496 e. The molecule has 0 amide bonds. The fourth-order valence-corrected chi connectivity index (χ4v) is 2.75. The molecule has 1 rings (SSSR count). The topological polar surface area (TPSA) is 21.3 Å². The summed E-state index contributed by atoms with van der Waals surface area (Å²) in [6.45, 7) is 2.01. The Bertz CT molecular complexity index is 357. The zero-order valence-corrected chi connectivity index (χ0v) is 11.7. The van der Waals surface area contributed by atoms with Gasteiger partial charge in [0.2, 0.25) is 0 Å². The first-order valence-corrected chi connectivity index (χ1v) is 6.91. The monoisotopic (exact) mass is 259 g/mol. The van der Waals surface area contributed by atoms with Crippen LogP contribution < -0.4 is 10.1 Å². The van der Waals surface area contributed by atoms with Crippen LogP contribution in [0.5, 0.6) is 5.75 Å². The van der Waals surface area contributed by atoms with E-state index in [0.29, 0.717) is 0 Å². The Morgan fingerprint density at radius 2 is 2.19 bits per heavy atom. The van der Waals surface area contributed by atoms with Crippen LogP contribution in [0.3, 0.4) is 0 Å². The number of benzene rings is 1. The largest absolute Gasteiger partial charge is 0.496 e. The van der Waals surface area contributed by atoms with Crippen molar-refractivity contribution in [3.63, 3.8) is 0 Å². The number of hydrogen-bond acceptors (Lipinski definition) is 3. The second-order valence-electron chi connectivity index (χ2n) is 3.64. The van der Waals surface area contributed by atoms with Crippen molar-refractivity contribution >= 4 is 23.4 Å². The van der Waals surface area contributed by atoms with Gasteiger partial charge in [-0.15, -0.1) is 0 Å². The maximum absolute atomic E-state index is 6.09. The Hall–Kier alpha value is -0.380. The number of aryl methyl sites for hydroxylation is 1. The molecule has 90 valence electrons. The van der Waals surface area contributed by atoms with E-state index in [2.05, 4.69) is 11.6 Å². The normalized spacial score (nSPS) is 12.6. The summed E-state index contributed by atoms with van der Waals surface area (Å²) < 4.78 is 5.45. The summed E-state index contributed by atoms with van der Waals surface area (Å²) in [6, 6.07) is 4.17. The molecule has 0 aliphatic rings. The molecule has 1 atom stereocenters. The fraction of sp³-hybridized carbons (Fsp3) is 0.500. The summed E-state index contributed by atoms with van der Waals surface area (Å²) in [5, 5.41) is 4.05. The third kappa shape index (κ3) is 3.06. The highest BCUT2D eigenvalue weighted by Crippen LogP contribution is 2.33. The molecule has 0 heterocycles. The Morgan fingerprint density at radius 3 is 2.69 bits per heavy atom. The van der Waals surface area contributed by atoms with Crippen molar-refractivity contribution < 1.29 is 4.74 Å². The molecule has 0 bridgehead atoms. The number of halogens is 1. The van der Waals surface area contributed by atoms with Crippen molar-refractivity contribution in [3.8, 4) is 5.75 Å². The lowest BCUT2D eigenvalue weighted by Gasteiger charge is -2.20. The second kappa shape index (κ2) is 6.38. The van der Waals surface area contributed by atoms with Gasteiger partial charge in [-0.2, -0.15) is 11.8 Å². The lowest BCUT2D eigenvalue weighted by atomic mass is 10.0. The highest BCUT2D eigenvalue weighted by atomic mass is 35.5. The van der Waals surface area contributed by atoms with Crippen LogP contribution in [0.25, 0.3) is 0 Å². The van der Waals surface area contributed by atoms with Crippen LogP contribution in [-0.4, -0.2) is 26.2 Å². The van der Waals surface area contributed by atoms with E-state index >= 15 is 0 Å². The van der Waals surface area contributed by atoms with E-state index in [4.69, 9.17) is 16.3 Å². The first kappa shape index (κ1) is 13.7. The lowest BCUT2D eigenvalue weighted by Crippen LogP contribution is -2.19. The Kier molecular flexibility index (Phi) is 5.46. The van der Waals surface area contributed by atoms with E-state index in [1.54, 1.807) is 18.9 Å². The summed E-state index contributed by atoms with van der Waals surface area (Å²) in [7, 11) is 3.65. The number of thioether (sulfide) groups is 1. The van der Waals surface area contributed by atoms with Crippen molar-refractivity contribution in [2.24, 2.45) is 0 Å². The molecule has 0 radical (unpaired) electrons. The van der Waals surface area contributed by atoms with Crippen LogP contribution in [0.15, 0.2) is 12.1 Å². The Labute approximate surface area is 107 Å². The van der Waals surface area contributed by atoms with Crippen molar-refractivity contribution in [3.05, 3.63) is 28.3 Å². The second-order valence-corrected chi connectivity index (χ2v) is 4.99. The molecule has 4 heteroatoms. The number of ether oxygens (including phenoxy) is 1. The van der Waals surface area contributed by atoms with Crippen molar-refractivity contribution in [2.75, 3.05) is 26.2 Å². The zero-order chi connectivity index (χ0) is 12.1. The van der Waals surface area contributed by atoms with Gasteiger partial charge >= 0.3 is 0 Å². The average Bonchev–Trinajstić information content (AvgIpc) is 2.25. The zero-order valence-electron chi connectivity index (χ0n) is 10.1. The minimum atomic E-state index is 0.266. The maximum atomic E-state index is 6.09. The summed E-state index contributed by atoms with van der Waals surface area (Å²) >= 11 is 7.89. The van der Waals surface area contributed by atoms with E-state index < -0.39 is 0 Å². The maximum Gasteiger partial charge on any atom is 0.126 e. The average molecular weight is 260 g/mol. The van der Waals surface area contributed by atoms with Gasteiger partial charge in [-0.05, 0) is 37.9 Å². The lowest BCUT2D eigenvalue weighted by molar-refractivity contribution is 0.401. The molecule has 1 unspecified atom stereocenters. The minimum absolute atomic E-state index is 0.266. The van der Waals surface area contributed by atoms with Crippen molar-refractivity contribution in [2.45, 2.75) is 13.0 Å². The van der Waals surface area contributed by atoms with Crippen LogP contribution >= 0.6 is 23.4 Å². The summed E-state index contributed by atoms with van der Waals surface area (Å²) in [6.07, 6.45) is 2.09. The SMILES string of the molecule is CNC(CSC)c1cc(Cl)cc(C)c1OC. The van der Waals surface area contributed by atoms with E-state index in [0.717, 1.165) is 27.7 Å². The summed E-state index contributed by atoms with van der Waals surface area (Å²) in [4.78, 5) is 0. The predicted octanol–water partition coefficient (Wildman–Crippen LogP) is 3.28.